The van der Waals surface area contributed by atoms with E-state index in [2.05, 4.69) is 0 Å². The van der Waals surface area contributed by atoms with Gasteiger partial charge in [-0.3, -0.25) is 4.79 Å². The predicted molar refractivity (Wildman–Crippen MR) is 103 cm³/mol. The van der Waals surface area contributed by atoms with Crippen LogP contribution in [-0.2, 0) is 14.3 Å². The summed E-state index contributed by atoms with van der Waals surface area (Å²) in [5.74, 6) is 0.146. The summed E-state index contributed by atoms with van der Waals surface area (Å²) >= 11 is 0. The highest BCUT2D eigenvalue weighted by atomic mass is 16.5. The molecule has 0 aliphatic carbocycles. The van der Waals surface area contributed by atoms with Crippen LogP contribution < -0.4 is 9.64 Å². The second-order valence-corrected chi connectivity index (χ2v) is 5.56. The Bertz CT molecular complexity index is 760. The Morgan fingerprint density at radius 1 is 0.926 bits per heavy atom. The monoisotopic (exact) mass is 371 g/mol. The molecule has 0 heterocycles. The lowest BCUT2D eigenvalue weighted by Crippen LogP contribution is -2.35. The molecule has 0 aromatic heterocycles. The molecule has 0 radical (unpaired) electrons. The molecule has 0 N–H and O–H groups in total. The molecule has 6 nitrogen and oxygen atoms in total. The number of likely N-dealkylation sites (N-methyl/N-ethyl adjacent to an activating group) is 1. The zero-order valence-corrected chi connectivity index (χ0v) is 15.9. The Morgan fingerprint density at radius 2 is 1.67 bits per heavy atom. The van der Waals surface area contributed by atoms with Crippen LogP contribution in [0.25, 0.3) is 0 Å². The topological polar surface area (TPSA) is 65.1 Å². The van der Waals surface area contributed by atoms with Gasteiger partial charge in [-0.05, 0) is 45.0 Å². The van der Waals surface area contributed by atoms with E-state index >= 15 is 0 Å². The van der Waals surface area contributed by atoms with Gasteiger partial charge in [-0.1, -0.05) is 24.3 Å². The van der Waals surface area contributed by atoms with Gasteiger partial charge in [0.2, 0.25) is 0 Å². The lowest BCUT2D eigenvalue weighted by molar-refractivity contribution is -0.122. The molecule has 0 saturated heterocycles. The number of rotatable bonds is 9. The van der Waals surface area contributed by atoms with E-state index in [1.54, 1.807) is 37.3 Å². The van der Waals surface area contributed by atoms with Crippen LogP contribution in [0, 0.1) is 0 Å². The van der Waals surface area contributed by atoms with Crippen LogP contribution in [0.4, 0.5) is 5.69 Å². The molecule has 0 fully saturated rings. The van der Waals surface area contributed by atoms with Gasteiger partial charge in [0.05, 0.1) is 12.3 Å². The summed E-state index contributed by atoms with van der Waals surface area (Å²) in [6.45, 7) is 6.37. The van der Waals surface area contributed by atoms with Crippen LogP contribution in [0.3, 0.4) is 0 Å². The van der Waals surface area contributed by atoms with Crippen molar-refractivity contribution in [2.45, 2.75) is 20.8 Å². The van der Waals surface area contributed by atoms with Gasteiger partial charge in [-0.2, -0.15) is 0 Å². The summed E-state index contributed by atoms with van der Waals surface area (Å²) in [4.78, 5) is 26.7. The van der Waals surface area contributed by atoms with E-state index in [4.69, 9.17) is 14.2 Å². The van der Waals surface area contributed by atoms with Crippen molar-refractivity contribution in [1.82, 2.24) is 0 Å². The number of carbonyl (C=O) groups is 2. The fraction of sp³-hybridized carbons (Fsp3) is 0.333. The van der Waals surface area contributed by atoms with Crippen molar-refractivity contribution in [2.24, 2.45) is 0 Å². The molecular formula is C21H25NO5. The lowest BCUT2D eigenvalue weighted by Gasteiger charge is -2.24. The fourth-order valence-corrected chi connectivity index (χ4v) is 2.60. The standard InChI is InChI=1S/C21H25NO5/c1-4-22(19(23)15-25-5-2)17-13-10-14-18(20(17)21(24)26-6-3)27-16-11-8-7-9-12-16/h7-14H,4-6,15H2,1-3H3. The Morgan fingerprint density at radius 3 is 2.30 bits per heavy atom. The van der Waals surface area contributed by atoms with Gasteiger partial charge in [-0.15, -0.1) is 0 Å². The molecule has 2 aromatic rings. The highest BCUT2D eigenvalue weighted by molar-refractivity contribution is 6.05. The number of hydrogen-bond donors (Lipinski definition) is 0. The molecule has 144 valence electrons. The average Bonchev–Trinajstić information content (AvgIpc) is 2.68. The number of nitrogens with zero attached hydrogens (tertiary/aromatic N) is 1. The third kappa shape index (κ3) is 5.31. The maximum atomic E-state index is 12.7. The maximum Gasteiger partial charge on any atom is 0.344 e. The van der Waals surface area contributed by atoms with Gasteiger partial charge in [0.1, 0.15) is 23.7 Å². The van der Waals surface area contributed by atoms with Crippen molar-refractivity contribution in [3.05, 3.63) is 54.1 Å². The SMILES string of the molecule is CCOCC(=O)N(CC)c1cccc(Oc2ccccc2)c1C(=O)OCC. The first-order valence-corrected chi connectivity index (χ1v) is 9.03. The van der Waals surface area contributed by atoms with E-state index in [0.717, 1.165) is 0 Å². The number of esters is 1. The summed E-state index contributed by atoms with van der Waals surface area (Å²) in [6, 6.07) is 14.3. The number of hydrogen-bond acceptors (Lipinski definition) is 5. The molecule has 0 spiro atoms. The molecule has 0 aliphatic heterocycles. The van der Waals surface area contributed by atoms with Crippen LogP contribution >= 0.6 is 0 Å². The molecule has 2 aromatic carbocycles. The van der Waals surface area contributed by atoms with Gasteiger partial charge in [0, 0.05) is 13.2 Å². The van der Waals surface area contributed by atoms with Crippen molar-refractivity contribution in [3.8, 4) is 11.5 Å². The highest BCUT2D eigenvalue weighted by Crippen LogP contribution is 2.33. The molecule has 1 amide bonds. The molecular weight excluding hydrogens is 346 g/mol. The smallest absolute Gasteiger partial charge is 0.344 e. The molecule has 27 heavy (non-hydrogen) atoms. The third-order valence-electron chi connectivity index (χ3n) is 3.79. The fourth-order valence-electron chi connectivity index (χ4n) is 2.60. The second-order valence-electron chi connectivity index (χ2n) is 5.56. The van der Waals surface area contributed by atoms with E-state index in [9.17, 15) is 9.59 Å². The Hall–Kier alpha value is -2.86. The van der Waals surface area contributed by atoms with E-state index < -0.39 is 5.97 Å². The van der Waals surface area contributed by atoms with Gasteiger partial charge < -0.3 is 19.1 Å². The van der Waals surface area contributed by atoms with Gasteiger partial charge in [-0.25, -0.2) is 4.79 Å². The Kier molecular flexibility index (Phi) is 7.82. The van der Waals surface area contributed by atoms with Crippen LogP contribution in [-0.4, -0.2) is 38.2 Å². The van der Waals surface area contributed by atoms with Crippen molar-refractivity contribution in [3.63, 3.8) is 0 Å². The first-order valence-electron chi connectivity index (χ1n) is 9.03. The number of ether oxygens (including phenoxy) is 3. The minimum atomic E-state index is -0.540. The number of benzene rings is 2. The minimum absolute atomic E-state index is 0.0592. The summed E-state index contributed by atoms with van der Waals surface area (Å²) in [7, 11) is 0. The molecule has 0 saturated carbocycles. The summed E-state index contributed by atoms with van der Waals surface area (Å²) in [5.41, 5.74) is 0.656. The Labute approximate surface area is 159 Å². The van der Waals surface area contributed by atoms with Gasteiger partial charge in [0.25, 0.3) is 5.91 Å². The van der Waals surface area contributed by atoms with Crippen LogP contribution in [0.15, 0.2) is 48.5 Å². The minimum Gasteiger partial charge on any atom is -0.462 e. The maximum absolute atomic E-state index is 12.7. The van der Waals surface area contributed by atoms with Crippen LogP contribution in [0.1, 0.15) is 31.1 Å². The summed E-state index contributed by atoms with van der Waals surface area (Å²) in [6.07, 6.45) is 0. The molecule has 0 bridgehead atoms. The van der Waals surface area contributed by atoms with Crippen molar-refractivity contribution >= 4 is 17.6 Å². The molecule has 0 unspecified atom stereocenters. The molecule has 0 aliphatic rings. The second kappa shape index (κ2) is 10.3. The zero-order chi connectivity index (χ0) is 19.6. The number of carbonyl (C=O) groups excluding carboxylic acids is 2. The van der Waals surface area contributed by atoms with E-state index in [-0.39, 0.29) is 24.7 Å². The molecule has 6 heteroatoms. The first kappa shape index (κ1) is 20.5. The van der Waals surface area contributed by atoms with Gasteiger partial charge >= 0.3 is 5.97 Å². The van der Waals surface area contributed by atoms with Crippen molar-refractivity contribution in [2.75, 3.05) is 31.3 Å². The first-order chi connectivity index (χ1) is 13.1. The van der Waals surface area contributed by atoms with Crippen LogP contribution in [0.2, 0.25) is 0 Å². The molecule has 2 rings (SSSR count). The van der Waals surface area contributed by atoms with Gasteiger partial charge in [0.15, 0.2) is 0 Å². The number of anilines is 1. The lowest BCUT2D eigenvalue weighted by atomic mass is 10.1. The normalized spacial score (nSPS) is 10.3. The van der Waals surface area contributed by atoms with Crippen molar-refractivity contribution in [1.29, 1.82) is 0 Å². The largest absolute Gasteiger partial charge is 0.462 e. The molecule has 0 atom stereocenters. The predicted octanol–water partition coefficient (Wildman–Crippen LogP) is 4.05. The van der Waals surface area contributed by atoms with E-state index in [0.29, 0.717) is 30.3 Å². The zero-order valence-electron chi connectivity index (χ0n) is 15.9. The third-order valence-corrected chi connectivity index (χ3v) is 3.79. The van der Waals surface area contributed by atoms with Crippen LogP contribution in [0.5, 0.6) is 11.5 Å². The highest BCUT2D eigenvalue weighted by Gasteiger charge is 2.25. The Balaban J connectivity index is 2.47. The number of para-hydroxylation sites is 1. The summed E-state index contributed by atoms with van der Waals surface area (Å²) < 4.78 is 16.4. The quantitative estimate of drug-likeness (QED) is 0.622. The van der Waals surface area contributed by atoms with Crippen molar-refractivity contribution < 1.29 is 23.8 Å². The average molecular weight is 371 g/mol. The summed E-state index contributed by atoms with van der Waals surface area (Å²) in [5, 5.41) is 0. The van der Waals surface area contributed by atoms with E-state index in [1.165, 1.54) is 4.90 Å². The number of amides is 1. The van der Waals surface area contributed by atoms with E-state index in [1.807, 2.05) is 32.0 Å².